The van der Waals surface area contributed by atoms with Crippen LogP contribution in [0, 0.1) is 6.92 Å². The van der Waals surface area contributed by atoms with E-state index in [0.29, 0.717) is 5.56 Å². The predicted octanol–water partition coefficient (Wildman–Crippen LogP) is 5.13. The van der Waals surface area contributed by atoms with E-state index in [0.717, 1.165) is 17.7 Å². The molecule has 1 heterocycles. The minimum absolute atomic E-state index is 0.0694. The van der Waals surface area contributed by atoms with E-state index in [-0.39, 0.29) is 5.78 Å². The van der Waals surface area contributed by atoms with Gasteiger partial charge >= 0.3 is 0 Å². The van der Waals surface area contributed by atoms with Crippen LogP contribution in [0.3, 0.4) is 0 Å². The van der Waals surface area contributed by atoms with Crippen molar-refractivity contribution in [2.75, 3.05) is 0 Å². The van der Waals surface area contributed by atoms with Gasteiger partial charge in [-0.05, 0) is 37.5 Å². The largest absolute Gasteiger partial charge is 0.289 e. The van der Waals surface area contributed by atoms with Crippen LogP contribution in [0.1, 0.15) is 66.2 Å². The van der Waals surface area contributed by atoms with Gasteiger partial charge in [0.05, 0.1) is 0 Å². The molecule has 0 amide bonds. The van der Waals surface area contributed by atoms with Crippen molar-refractivity contribution in [3.05, 3.63) is 65.0 Å². The number of aromatic nitrogens is 1. The number of rotatable bonds is 8. The quantitative estimate of drug-likeness (QED) is 0.499. The number of unbranched alkanes of at least 4 members (excludes halogenated alkanes) is 4. The molecule has 0 saturated heterocycles. The van der Waals surface area contributed by atoms with Gasteiger partial charge in [-0.2, -0.15) is 0 Å². The van der Waals surface area contributed by atoms with Crippen LogP contribution in [0.2, 0.25) is 0 Å². The number of carbonyl (C=O) groups is 1. The zero-order chi connectivity index (χ0) is 15.8. The first kappa shape index (κ1) is 16.4. The molecule has 116 valence electrons. The number of hydrogen-bond donors (Lipinski definition) is 0. The average Bonchev–Trinajstić information content (AvgIpc) is 2.54. The fourth-order valence-electron chi connectivity index (χ4n) is 2.61. The molecule has 0 aliphatic carbocycles. The Bertz CT molecular complexity index is 601. The van der Waals surface area contributed by atoms with Gasteiger partial charge in [0, 0.05) is 23.0 Å². The van der Waals surface area contributed by atoms with Gasteiger partial charge in [0.25, 0.3) is 0 Å². The number of aryl methyl sites for hydroxylation is 2. The molecule has 2 aromatic rings. The lowest BCUT2D eigenvalue weighted by atomic mass is 10.00. The first-order valence-corrected chi connectivity index (χ1v) is 8.27. The SMILES string of the molecule is CCCCCCCc1ccc(C(=O)c2ccnc(C)c2)cc1. The molecule has 1 aromatic heterocycles. The Hall–Kier alpha value is -1.96. The summed E-state index contributed by atoms with van der Waals surface area (Å²) in [5.41, 5.74) is 3.65. The van der Waals surface area contributed by atoms with Gasteiger partial charge in [0.1, 0.15) is 0 Å². The van der Waals surface area contributed by atoms with E-state index in [1.54, 1.807) is 12.3 Å². The Balaban J connectivity index is 1.92. The van der Waals surface area contributed by atoms with Gasteiger partial charge in [-0.1, -0.05) is 56.9 Å². The van der Waals surface area contributed by atoms with Crippen LogP contribution in [0.5, 0.6) is 0 Å². The van der Waals surface area contributed by atoms with Crippen LogP contribution in [-0.2, 0) is 6.42 Å². The molecule has 0 aliphatic heterocycles. The third kappa shape index (κ3) is 4.80. The van der Waals surface area contributed by atoms with E-state index in [1.165, 1.54) is 37.7 Å². The first-order chi connectivity index (χ1) is 10.7. The Morgan fingerprint density at radius 3 is 2.36 bits per heavy atom. The Morgan fingerprint density at radius 1 is 0.955 bits per heavy atom. The van der Waals surface area contributed by atoms with E-state index < -0.39 is 0 Å². The molecule has 0 radical (unpaired) electrons. The molecule has 2 nitrogen and oxygen atoms in total. The Kier molecular flexibility index (Phi) is 6.32. The van der Waals surface area contributed by atoms with Crippen molar-refractivity contribution in [1.82, 2.24) is 4.98 Å². The highest BCUT2D eigenvalue weighted by Gasteiger charge is 2.09. The van der Waals surface area contributed by atoms with Gasteiger partial charge < -0.3 is 0 Å². The lowest BCUT2D eigenvalue weighted by Gasteiger charge is -2.05. The minimum atomic E-state index is 0.0694. The van der Waals surface area contributed by atoms with E-state index in [1.807, 2.05) is 25.1 Å². The molecule has 1 aromatic carbocycles. The standard InChI is InChI=1S/C20H25NO/c1-3-4-5-6-7-8-17-9-11-18(12-10-17)20(22)19-13-14-21-16(2)15-19/h9-15H,3-8H2,1-2H3. The molecule has 0 fully saturated rings. The van der Waals surface area contributed by atoms with Crippen LogP contribution >= 0.6 is 0 Å². The third-order valence-electron chi connectivity index (χ3n) is 3.94. The van der Waals surface area contributed by atoms with Crippen molar-refractivity contribution in [1.29, 1.82) is 0 Å². The van der Waals surface area contributed by atoms with E-state index in [4.69, 9.17) is 0 Å². The third-order valence-corrected chi connectivity index (χ3v) is 3.94. The summed E-state index contributed by atoms with van der Waals surface area (Å²) in [7, 11) is 0. The summed E-state index contributed by atoms with van der Waals surface area (Å²) in [6, 6.07) is 11.7. The molecule has 2 rings (SSSR count). The topological polar surface area (TPSA) is 30.0 Å². The zero-order valence-electron chi connectivity index (χ0n) is 13.6. The molecular formula is C20H25NO. The molecule has 22 heavy (non-hydrogen) atoms. The molecule has 0 N–H and O–H groups in total. The highest BCUT2D eigenvalue weighted by molar-refractivity contribution is 6.08. The van der Waals surface area contributed by atoms with Crippen molar-refractivity contribution in [2.45, 2.75) is 52.4 Å². The number of hydrogen-bond acceptors (Lipinski definition) is 2. The van der Waals surface area contributed by atoms with Gasteiger partial charge in [0.2, 0.25) is 0 Å². The molecule has 0 spiro atoms. The summed E-state index contributed by atoms with van der Waals surface area (Å²) < 4.78 is 0. The van der Waals surface area contributed by atoms with E-state index >= 15 is 0 Å². The smallest absolute Gasteiger partial charge is 0.193 e. The Labute approximate surface area is 133 Å². The fraction of sp³-hybridized carbons (Fsp3) is 0.400. The predicted molar refractivity (Wildman–Crippen MR) is 91.3 cm³/mol. The minimum Gasteiger partial charge on any atom is -0.289 e. The summed E-state index contributed by atoms with van der Waals surface area (Å²) in [6.45, 7) is 4.14. The van der Waals surface area contributed by atoms with Crippen LogP contribution in [-0.4, -0.2) is 10.8 Å². The highest BCUT2D eigenvalue weighted by Crippen LogP contribution is 2.14. The molecule has 0 atom stereocenters. The Morgan fingerprint density at radius 2 is 1.68 bits per heavy atom. The van der Waals surface area contributed by atoms with Crippen LogP contribution in [0.4, 0.5) is 0 Å². The second-order valence-corrected chi connectivity index (χ2v) is 5.88. The lowest BCUT2D eigenvalue weighted by molar-refractivity contribution is 0.103. The maximum atomic E-state index is 12.4. The van der Waals surface area contributed by atoms with E-state index in [2.05, 4.69) is 24.0 Å². The fourth-order valence-corrected chi connectivity index (χ4v) is 2.61. The van der Waals surface area contributed by atoms with Crippen LogP contribution in [0.25, 0.3) is 0 Å². The maximum Gasteiger partial charge on any atom is 0.193 e. The van der Waals surface area contributed by atoms with Crippen molar-refractivity contribution < 1.29 is 4.79 Å². The van der Waals surface area contributed by atoms with Crippen molar-refractivity contribution in [3.8, 4) is 0 Å². The molecule has 0 unspecified atom stereocenters. The van der Waals surface area contributed by atoms with Crippen molar-refractivity contribution in [2.24, 2.45) is 0 Å². The maximum absolute atomic E-state index is 12.4. The summed E-state index contributed by atoms with van der Waals surface area (Å²) in [6.07, 6.45) is 9.26. The average molecular weight is 295 g/mol. The normalized spacial score (nSPS) is 10.6. The summed E-state index contributed by atoms with van der Waals surface area (Å²) in [5.74, 6) is 0.0694. The number of nitrogens with zero attached hydrogens (tertiary/aromatic N) is 1. The van der Waals surface area contributed by atoms with Gasteiger partial charge in [-0.3, -0.25) is 9.78 Å². The molecule has 0 bridgehead atoms. The van der Waals surface area contributed by atoms with Crippen molar-refractivity contribution in [3.63, 3.8) is 0 Å². The number of carbonyl (C=O) groups excluding carboxylic acids is 1. The van der Waals surface area contributed by atoms with E-state index in [9.17, 15) is 4.79 Å². The summed E-state index contributed by atoms with van der Waals surface area (Å²) in [5, 5.41) is 0. The second kappa shape index (κ2) is 8.47. The molecular weight excluding hydrogens is 270 g/mol. The number of ketones is 1. The zero-order valence-corrected chi connectivity index (χ0v) is 13.6. The van der Waals surface area contributed by atoms with Gasteiger partial charge in [-0.15, -0.1) is 0 Å². The second-order valence-electron chi connectivity index (χ2n) is 5.88. The van der Waals surface area contributed by atoms with Gasteiger partial charge in [-0.25, -0.2) is 0 Å². The molecule has 0 aliphatic rings. The van der Waals surface area contributed by atoms with Crippen LogP contribution in [0.15, 0.2) is 42.6 Å². The first-order valence-electron chi connectivity index (χ1n) is 8.27. The summed E-state index contributed by atoms with van der Waals surface area (Å²) in [4.78, 5) is 16.5. The molecule has 2 heteroatoms. The number of pyridine rings is 1. The number of benzene rings is 1. The highest BCUT2D eigenvalue weighted by atomic mass is 16.1. The van der Waals surface area contributed by atoms with Crippen LogP contribution < -0.4 is 0 Å². The summed E-state index contributed by atoms with van der Waals surface area (Å²) >= 11 is 0. The monoisotopic (exact) mass is 295 g/mol. The van der Waals surface area contributed by atoms with Crippen molar-refractivity contribution >= 4 is 5.78 Å². The lowest BCUT2D eigenvalue weighted by Crippen LogP contribution is -2.02. The molecule has 0 saturated carbocycles. The van der Waals surface area contributed by atoms with Gasteiger partial charge in [0.15, 0.2) is 5.78 Å².